The fourth-order valence-electron chi connectivity index (χ4n) is 0.494. The Bertz CT molecular complexity index is 138. The Morgan fingerprint density at radius 1 is 1.00 bits per heavy atom. The van der Waals surface area contributed by atoms with Gasteiger partial charge in [0, 0.05) is 0 Å². The summed E-state index contributed by atoms with van der Waals surface area (Å²) in [7, 11) is 0. The quantitative estimate of drug-likeness (QED) is 0.450. The van der Waals surface area contributed by atoms with Gasteiger partial charge in [-0.2, -0.15) is 10.2 Å². The molecule has 2 heteroatoms. The molecule has 0 atom stereocenters. The molecule has 0 radical (unpaired) electrons. The third-order valence-corrected chi connectivity index (χ3v) is 1.12. The van der Waals surface area contributed by atoms with Crippen molar-refractivity contribution in [2.45, 2.75) is 0 Å². The van der Waals surface area contributed by atoms with Crippen molar-refractivity contribution in [1.29, 1.82) is 0 Å². The average Bonchev–Trinajstić information content (AvgIpc) is 1.77. The molecule has 2 nitrogen and oxygen atoms in total. The molecule has 0 N–H and O–H groups in total. The lowest BCUT2D eigenvalue weighted by atomic mass is 10.1. The van der Waals surface area contributed by atoms with Crippen molar-refractivity contribution in [1.82, 2.24) is 0 Å². The maximum Gasteiger partial charge on any atom is 0.0846 e. The van der Waals surface area contributed by atoms with Crippen LogP contribution in [0.2, 0.25) is 0 Å². The van der Waals surface area contributed by atoms with Gasteiger partial charge in [0.2, 0.25) is 0 Å². The van der Waals surface area contributed by atoms with Crippen LogP contribution in [0.15, 0.2) is 34.5 Å². The molecular formula is C6H8N2. The van der Waals surface area contributed by atoms with Crippen LogP contribution in [0.5, 0.6) is 0 Å². The molecular weight excluding hydrogens is 100 g/mol. The molecule has 0 aromatic heterocycles. The van der Waals surface area contributed by atoms with E-state index in [1.165, 1.54) is 0 Å². The van der Waals surface area contributed by atoms with E-state index in [9.17, 15) is 0 Å². The normalized spacial score (nSPS) is 19.5. The molecule has 8 heavy (non-hydrogen) atoms. The van der Waals surface area contributed by atoms with Gasteiger partial charge in [0.05, 0.1) is 13.1 Å². The molecule has 1 aliphatic rings. The Kier molecular flexibility index (Phi) is 1.24. The first-order valence-corrected chi connectivity index (χ1v) is 2.50. The van der Waals surface area contributed by atoms with E-state index >= 15 is 0 Å². The third kappa shape index (κ3) is 0.832. The van der Waals surface area contributed by atoms with Crippen LogP contribution in [-0.2, 0) is 0 Å². The van der Waals surface area contributed by atoms with E-state index in [1.54, 1.807) is 0 Å². The molecule has 0 aromatic carbocycles. The highest BCUT2D eigenvalue weighted by Crippen LogP contribution is 2.10. The smallest absolute Gasteiger partial charge is 0.0846 e. The lowest BCUT2D eigenvalue weighted by Crippen LogP contribution is -1.99. The minimum atomic E-state index is 0.638. The van der Waals surface area contributed by atoms with E-state index in [-0.39, 0.29) is 0 Å². The Morgan fingerprint density at radius 3 is 1.62 bits per heavy atom. The molecule has 0 amide bonds. The maximum absolute atomic E-state index is 3.77. The van der Waals surface area contributed by atoms with Crippen molar-refractivity contribution in [3.63, 3.8) is 0 Å². The van der Waals surface area contributed by atoms with Crippen LogP contribution < -0.4 is 0 Å². The summed E-state index contributed by atoms with van der Waals surface area (Å²) in [5.74, 6) is 0. The van der Waals surface area contributed by atoms with Gasteiger partial charge >= 0.3 is 0 Å². The molecule has 1 aliphatic heterocycles. The molecule has 0 aliphatic carbocycles. The molecule has 0 aromatic rings. The minimum Gasteiger partial charge on any atom is -0.189 e. The van der Waals surface area contributed by atoms with Gasteiger partial charge < -0.3 is 0 Å². The van der Waals surface area contributed by atoms with Gasteiger partial charge in [0.1, 0.15) is 0 Å². The fraction of sp³-hybridized carbons (Fsp3) is 0.333. The zero-order chi connectivity index (χ0) is 5.98. The van der Waals surface area contributed by atoms with Gasteiger partial charge in [0.25, 0.3) is 0 Å². The summed E-state index contributed by atoms with van der Waals surface area (Å²) in [6.45, 7) is 8.76. The molecule has 1 rings (SSSR count). The Balaban J connectivity index is 2.71. The zero-order valence-electron chi connectivity index (χ0n) is 4.72. The second-order valence-corrected chi connectivity index (χ2v) is 1.81. The first-order valence-electron chi connectivity index (χ1n) is 2.50. The van der Waals surface area contributed by atoms with Crippen LogP contribution in [0.4, 0.5) is 0 Å². The van der Waals surface area contributed by atoms with Crippen molar-refractivity contribution in [3.05, 3.63) is 24.3 Å². The van der Waals surface area contributed by atoms with Crippen LogP contribution in [0, 0.1) is 0 Å². The Morgan fingerprint density at radius 2 is 1.38 bits per heavy atom. The third-order valence-electron chi connectivity index (χ3n) is 1.12. The molecule has 0 unspecified atom stereocenters. The Labute approximate surface area is 48.6 Å². The summed E-state index contributed by atoms with van der Waals surface area (Å²) in [5.41, 5.74) is 2.03. The average molecular weight is 108 g/mol. The highest BCUT2D eigenvalue weighted by atomic mass is 15.1. The largest absolute Gasteiger partial charge is 0.189 e. The number of hydrogen-bond donors (Lipinski definition) is 0. The summed E-state index contributed by atoms with van der Waals surface area (Å²) in [6, 6.07) is 0. The predicted octanol–water partition coefficient (Wildman–Crippen LogP) is 1.56. The standard InChI is InChI=1S/C6H8N2/c1-5-3-7-8-4-6(5)2/h1-4H2. The molecule has 1 heterocycles. The van der Waals surface area contributed by atoms with E-state index in [0.29, 0.717) is 13.1 Å². The van der Waals surface area contributed by atoms with Crippen LogP contribution >= 0.6 is 0 Å². The number of nitrogens with zero attached hydrogens (tertiary/aromatic N) is 2. The first-order chi connectivity index (χ1) is 3.80. The topological polar surface area (TPSA) is 24.7 Å². The van der Waals surface area contributed by atoms with Crippen LogP contribution in [-0.4, -0.2) is 13.1 Å². The molecule has 0 saturated carbocycles. The summed E-state index contributed by atoms with van der Waals surface area (Å²) >= 11 is 0. The van der Waals surface area contributed by atoms with E-state index in [4.69, 9.17) is 0 Å². The number of hydrogen-bond acceptors (Lipinski definition) is 2. The molecule has 0 bridgehead atoms. The number of rotatable bonds is 0. The first kappa shape index (κ1) is 5.22. The molecule has 0 saturated heterocycles. The van der Waals surface area contributed by atoms with Crippen molar-refractivity contribution < 1.29 is 0 Å². The van der Waals surface area contributed by atoms with E-state index in [0.717, 1.165) is 11.1 Å². The Hall–Kier alpha value is -0.920. The predicted molar refractivity (Wildman–Crippen MR) is 32.9 cm³/mol. The molecule has 42 valence electrons. The van der Waals surface area contributed by atoms with Gasteiger partial charge in [-0.3, -0.25) is 0 Å². The van der Waals surface area contributed by atoms with Crippen LogP contribution in [0.1, 0.15) is 0 Å². The van der Waals surface area contributed by atoms with Crippen molar-refractivity contribution >= 4 is 0 Å². The fourth-order valence-corrected chi connectivity index (χ4v) is 0.494. The lowest BCUT2D eigenvalue weighted by molar-refractivity contribution is 0.878. The summed E-state index contributed by atoms with van der Waals surface area (Å²) in [4.78, 5) is 0. The van der Waals surface area contributed by atoms with Crippen LogP contribution in [0.3, 0.4) is 0 Å². The number of azo groups is 1. The maximum atomic E-state index is 3.77. The van der Waals surface area contributed by atoms with Crippen molar-refractivity contribution in [3.8, 4) is 0 Å². The van der Waals surface area contributed by atoms with Crippen LogP contribution in [0.25, 0.3) is 0 Å². The van der Waals surface area contributed by atoms with Crippen molar-refractivity contribution in [2.24, 2.45) is 10.2 Å². The second-order valence-electron chi connectivity index (χ2n) is 1.81. The SMILES string of the molecule is C=C1CN=NCC1=C. The summed E-state index contributed by atoms with van der Waals surface area (Å²) in [5, 5.41) is 7.55. The lowest BCUT2D eigenvalue weighted by Gasteiger charge is -2.06. The van der Waals surface area contributed by atoms with E-state index < -0.39 is 0 Å². The van der Waals surface area contributed by atoms with E-state index in [2.05, 4.69) is 23.4 Å². The van der Waals surface area contributed by atoms with Crippen molar-refractivity contribution in [2.75, 3.05) is 13.1 Å². The van der Waals surface area contributed by atoms with Gasteiger partial charge in [-0.05, 0) is 11.1 Å². The molecule has 0 spiro atoms. The van der Waals surface area contributed by atoms with E-state index in [1.807, 2.05) is 0 Å². The monoisotopic (exact) mass is 108 g/mol. The summed E-state index contributed by atoms with van der Waals surface area (Å²) in [6.07, 6.45) is 0. The minimum absolute atomic E-state index is 0.638. The highest BCUT2D eigenvalue weighted by Gasteiger charge is 2.01. The van der Waals surface area contributed by atoms with Gasteiger partial charge in [-0.25, -0.2) is 0 Å². The zero-order valence-corrected chi connectivity index (χ0v) is 4.72. The second kappa shape index (κ2) is 1.90. The van der Waals surface area contributed by atoms with Gasteiger partial charge in [0.15, 0.2) is 0 Å². The highest BCUT2D eigenvalue weighted by molar-refractivity contribution is 5.28. The summed E-state index contributed by atoms with van der Waals surface area (Å²) < 4.78 is 0. The molecule has 0 fully saturated rings. The van der Waals surface area contributed by atoms with Gasteiger partial charge in [-0.15, -0.1) is 0 Å². The van der Waals surface area contributed by atoms with Gasteiger partial charge in [-0.1, -0.05) is 13.2 Å².